The van der Waals surface area contributed by atoms with E-state index >= 15 is 0 Å². The lowest BCUT2D eigenvalue weighted by atomic mass is 9.82. The molecule has 2 rings (SSSR count). The molecule has 2 N–H and O–H groups in total. The highest BCUT2D eigenvalue weighted by Gasteiger charge is 2.26. The lowest BCUT2D eigenvalue weighted by molar-refractivity contribution is 0.0559. The van der Waals surface area contributed by atoms with E-state index in [-0.39, 0.29) is 6.04 Å². The molecule has 1 aromatic rings. The number of hydrogen-bond acceptors (Lipinski definition) is 3. The van der Waals surface area contributed by atoms with Gasteiger partial charge in [0, 0.05) is 31.6 Å². The van der Waals surface area contributed by atoms with Crippen molar-refractivity contribution in [2.75, 3.05) is 13.2 Å². The van der Waals surface area contributed by atoms with Crippen molar-refractivity contribution in [2.24, 2.45) is 11.7 Å². The predicted octanol–water partition coefficient (Wildman–Crippen LogP) is 1.94. The van der Waals surface area contributed by atoms with E-state index in [0.29, 0.717) is 11.8 Å². The summed E-state index contributed by atoms with van der Waals surface area (Å²) >= 11 is 0. The van der Waals surface area contributed by atoms with Gasteiger partial charge in [-0.25, -0.2) is 0 Å². The molecule has 1 aliphatic heterocycles. The summed E-state index contributed by atoms with van der Waals surface area (Å²) in [6.07, 6.45) is 5.86. The number of ether oxygens (including phenoxy) is 1. The molecule has 2 atom stereocenters. The number of rotatable bonds is 3. The van der Waals surface area contributed by atoms with Gasteiger partial charge in [-0.1, -0.05) is 6.92 Å². The molecule has 0 bridgehead atoms. The molecule has 0 aromatic carbocycles. The van der Waals surface area contributed by atoms with Gasteiger partial charge >= 0.3 is 0 Å². The molecule has 0 amide bonds. The standard InChI is InChI=1S/C13H20N2O/c1-10(11-2-6-15-7-3-11)13(14)12-4-8-16-9-5-12/h2-3,6-7,10,12-13H,4-5,8-9,14H2,1H3. The van der Waals surface area contributed by atoms with Crippen molar-refractivity contribution in [3.63, 3.8) is 0 Å². The molecule has 3 heteroatoms. The van der Waals surface area contributed by atoms with E-state index in [4.69, 9.17) is 10.5 Å². The summed E-state index contributed by atoms with van der Waals surface area (Å²) in [4.78, 5) is 4.04. The minimum Gasteiger partial charge on any atom is -0.381 e. The summed E-state index contributed by atoms with van der Waals surface area (Å²) in [5.74, 6) is 0.989. The normalized spacial score (nSPS) is 21.6. The van der Waals surface area contributed by atoms with Crippen molar-refractivity contribution < 1.29 is 4.74 Å². The first-order chi connectivity index (χ1) is 7.79. The molecule has 0 radical (unpaired) electrons. The zero-order valence-corrected chi connectivity index (χ0v) is 9.80. The maximum Gasteiger partial charge on any atom is 0.0469 e. The third-order valence-electron chi connectivity index (χ3n) is 3.62. The molecule has 16 heavy (non-hydrogen) atoms. The van der Waals surface area contributed by atoms with Gasteiger partial charge in [-0.15, -0.1) is 0 Å². The highest BCUT2D eigenvalue weighted by molar-refractivity contribution is 5.17. The Hall–Kier alpha value is -0.930. The Balaban J connectivity index is 2.00. The van der Waals surface area contributed by atoms with Crippen molar-refractivity contribution in [3.05, 3.63) is 30.1 Å². The number of pyridine rings is 1. The second kappa shape index (κ2) is 5.41. The first-order valence-electron chi connectivity index (χ1n) is 6.02. The van der Waals surface area contributed by atoms with Crippen LogP contribution in [-0.2, 0) is 4.74 Å². The van der Waals surface area contributed by atoms with E-state index < -0.39 is 0 Å². The summed E-state index contributed by atoms with van der Waals surface area (Å²) in [5.41, 5.74) is 7.63. The van der Waals surface area contributed by atoms with E-state index in [0.717, 1.165) is 26.1 Å². The Bertz CT molecular complexity index is 309. The second-order valence-corrected chi connectivity index (χ2v) is 4.60. The Morgan fingerprint density at radius 1 is 1.31 bits per heavy atom. The minimum atomic E-state index is 0.228. The fourth-order valence-corrected chi connectivity index (χ4v) is 2.40. The van der Waals surface area contributed by atoms with Crippen molar-refractivity contribution in [3.8, 4) is 0 Å². The van der Waals surface area contributed by atoms with Gasteiger partial charge in [-0.3, -0.25) is 4.98 Å². The van der Waals surface area contributed by atoms with Gasteiger partial charge < -0.3 is 10.5 Å². The van der Waals surface area contributed by atoms with Crippen molar-refractivity contribution >= 4 is 0 Å². The molecule has 3 nitrogen and oxygen atoms in total. The molecule has 88 valence electrons. The maximum atomic E-state index is 6.35. The van der Waals surface area contributed by atoms with E-state index in [1.165, 1.54) is 5.56 Å². The Kier molecular flexibility index (Phi) is 3.91. The van der Waals surface area contributed by atoms with Crippen molar-refractivity contribution in [2.45, 2.75) is 31.7 Å². The minimum absolute atomic E-state index is 0.228. The topological polar surface area (TPSA) is 48.1 Å². The van der Waals surface area contributed by atoms with Crippen LogP contribution in [0.1, 0.15) is 31.2 Å². The van der Waals surface area contributed by atoms with Crippen LogP contribution in [0.5, 0.6) is 0 Å². The van der Waals surface area contributed by atoms with Crippen LogP contribution < -0.4 is 5.73 Å². The molecular formula is C13H20N2O. The van der Waals surface area contributed by atoms with E-state index in [2.05, 4.69) is 24.0 Å². The van der Waals surface area contributed by atoms with E-state index in [1.807, 2.05) is 12.4 Å². The van der Waals surface area contributed by atoms with Crippen molar-refractivity contribution in [1.82, 2.24) is 4.98 Å². The zero-order chi connectivity index (χ0) is 11.4. The summed E-state index contributed by atoms with van der Waals surface area (Å²) in [6.45, 7) is 3.93. The molecule has 1 aromatic heterocycles. The molecule has 1 fully saturated rings. The van der Waals surface area contributed by atoms with Gasteiger partial charge in [0.25, 0.3) is 0 Å². The van der Waals surface area contributed by atoms with Crippen LogP contribution >= 0.6 is 0 Å². The third kappa shape index (κ3) is 2.60. The van der Waals surface area contributed by atoms with Crippen molar-refractivity contribution in [1.29, 1.82) is 0 Å². The molecule has 1 aliphatic rings. The van der Waals surface area contributed by atoms with Gasteiger partial charge in [0.05, 0.1) is 0 Å². The van der Waals surface area contributed by atoms with Crippen LogP contribution in [0.15, 0.2) is 24.5 Å². The predicted molar refractivity (Wildman–Crippen MR) is 64.2 cm³/mol. The van der Waals surface area contributed by atoms with Gasteiger partial charge in [-0.05, 0) is 42.4 Å². The Morgan fingerprint density at radius 2 is 1.94 bits per heavy atom. The Morgan fingerprint density at radius 3 is 2.56 bits per heavy atom. The fourth-order valence-electron chi connectivity index (χ4n) is 2.40. The molecule has 0 saturated carbocycles. The van der Waals surface area contributed by atoms with E-state index in [9.17, 15) is 0 Å². The smallest absolute Gasteiger partial charge is 0.0469 e. The lowest BCUT2D eigenvalue weighted by Gasteiger charge is -2.31. The molecule has 1 saturated heterocycles. The second-order valence-electron chi connectivity index (χ2n) is 4.60. The summed E-state index contributed by atoms with van der Waals surface area (Å²) in [7, 11) is 0. The van der Waals surface area contributed by atoms with Gasteiger partial charge in [-0.2, -0.15) is 0 Å². The lowest BCUT2D eigenvalue weighted by Crippen LogP contribution is -2.38. The van der Waals surface area contributed by atoms with Crippen LogP contribution in [0.4, 0.5) is 0 Å². The van der Waals surface area contributed by atoms with Gasteiger partial charge in [0.15, 0.2) is 0 Å². The highest BCUT2D eigenvalue weighted by Crippen LogP contribution is 2.27. The zero-order valence-electron chi connectivity index (χ0n) is 9.80. The third-order valence-corrected chi connectivity index (χ3v) is 3.62. The number of hydrogen-bond donors (Lipinski definition) is 1. The number of nitrogens with zero attached hydrogens (tertiary/aromatic N) is 1. The molecule has 2 unspecified atom stereocenters. The van der Waals surface area contributed by atoms with Crippen LogP contribution in [0.2, 0.25) is 0 Å². The monoisotopic (exact) mass is 220 g/mol. The first-order valence-corrected chi connectivity index (χ1v) is 6.02. The summed E-state index contributed by atoms with van der Waals surface area (Å²) in [5, 5.41) is 0. The summed E-state index contributed by atoms with van der Waals surface area (Å²) in [6, 6.07) is 4.35. The number of nitrogens with two attached hydrogens (primary N) is 1. The highest BCUT2D eigenvalue weighted by atomic mass is 16.5. The quantitative estimate of drug-likeness (QED) is 0.846. The molecule has 2 heterocycles. The molecule has 0 spiro atoms. The van der Waals surface area contributed by atoms with Gasteiger partial charge in [0.2, 0.25) is 0 Å². The van der Waals surface area contributed by atoms with Crippen LogP contribution in [-0.4, -0.2) is 24.2 Å². The van der Waals surface area contributed by atoms with E-state index in [1.54, 1.807) is 0 Å². The largest absolute Gasteiger partial charge is 0.381 e. The molecule has 0 aliphatic carbocycles. The maximum absolute atomic E-state index is 6.35. The Labute approximate surface area is 97.0 Å². The average molecular weight is 220 g/mol. The number of aromatic nitrogens is 1. The van der Waals surface area contributed by atoms with Crippen LogP contribution in [0, 0.1) is 5.92 Å². The van der Waals surface area contributed by atoms with Gasteiger partial charge in [0.1, 0.15) is 0 Å². The fraction of sp³-hybridized carbons (Fsp3) is 0.615. The first kappa shape index (κ1) is 11.6. The molecular weight excluding hydrogens is 200 g/mol. The van der Waals surface area contributed by atoms with Crippen LogP contribution in [0.3, 0.4) is 0 Å². The SMILES string of the molecule is CC(c1ccncc1)C(N)C1CCOCC1. The van der Waals surface area contributed by atoms with Crippen LogP contribution in [0.25, 0.3) is 0 Å². The summed E-state index contributed by atoms with van der Waals surface area (Å²) < 4.78 is 5.37. The average Bonchev–Trinajstić information content (AvgIpc) is 2.39.